The third kappa shape index (κ3) is 3.25. The van der Waals surface area contributed by atoms with Gasteiger partial charge < -0.3 is 5.32 Å². The van der Waals surface area contributed by atoms with Crippen molar-refractivity contribution in [3.63, 3.8) is 0 Å². The van der Waals surface area contributed by atoms with Gasteiger partial charge in [0.05, 0.1) is 5.56 Å². The zero-order valence-corrected chi connectivity index (χ0v) is 10.3. The van der Waals surface area contributed by atoms with E-state index in [0.29, 0.717) is 0 Å². The molecule has 0 aliphatic carbocycles. The molecule has 4 heteroatoms. The Labute approximate surface area is 100 Å². The van der Waals surface area contributed by atoms with Gasteiger partial charge in [-0.2, -0.15) is 0 Å². The lowest BCUT2D eigenvalue weighted by Gasteiger charge is -2.20. The van der Waals surface area contributed by atoms with Gasteiger partial charge in [-0.25, -0.2) is 8.78 Å². The first-order valence-electron chi connectivity index (χ1n) is 5.72. The average Bonchev–Trinajstić information content (AvgIpc) is 2.28. The summed E-state index contributed by atoms with van der Waals surface area (Å²) in [5.74, 6) is -2.41. The van der Waals surface area contributed by atoms with Crippen LogP contribution in [0.5, 0.6) is 0 Å². The fourth-order valence-corrected chi connectivity index (χ4v) is 1.67. The van der Waals surface area contributed by atoms with Gasteiger partial charge in [-0.05, 0) is 24.5 Å². The molecule has 0 saturated heterocycles. The highest BCUT2D eigenvalue weighted by Crippen LogP contribution is 2.13. The summed E-state index contributed by atoms with van der Waals surface area (Å²) in [4.78, 5) is 11.8. The van der Waals surface area contributed by atoms with Crippen LogP contribution in [0.2, 0.25) is 0 Å². The molecule has 0 bridgehead atoms. The van der Waals surface area contributed by atoms with Crippen molar-refractivity contribution in [2.75, 3.05) is 0 Å². The Hall–Kier alpha value is -1.45. The van der Waals surface area contributed by atoms with E-state index in [-0.39, 0.29) is 17.5 Å². The molecule has 0 aromatic heterocycles. The Balaban J connectivity index is 2.86. The fourth-order valence-electron chi connectivity index (χ4n) is 1.67. The van der Waals surface area contributed by atoms with Gasteiger partial charge in [0.1, 0.15) is 0 Å². The zero-order valence-electron chi connectivity index (χ0n) is 10.3. The van der Waals surface area contributed by atoms with Crippen LogP contribution in [-0.4, -0.2) is 11.9 Å². The largest absolute Gasteiger partial charge is 0.349 e. The molecular formula is C13H17F2NO. The number of benzene rings is 1. The van der Waals surface area contributed by atoms with Crippen molar-refractivity contribution in [1.82, 2.24) is 5.32 Å². The molecule has 2 nitrogen and oxygen atoms in total. The first-order valence-corrected chi connectivity index (χ1v) is 5.72. The molecule has 1 aromatic rings. The predicted molar refractivity (Wildman–Crippen MR) is 62.7 cm³/mol. The Kier molecular flexibility index (Phi) is 4.61. The second-order valence-electron chi connectivity index (χ2n) is 4.33. The summed E-state index contributed by atoms with van der Waals surface area (Å²) < 4.78 is 26.3. The van der Waals surface area contributed by atoms with Crippen LogP contribution in [0.1, 0.15) is 37.6 Å². The molecule has 0 aliphatic heterocycles. The number of hydrogen-bond acceptors (Lipinski definition) is 1. The number of hydrogen-bond donors (Lipinski definition) is 1. The van der Waals surface area contributed by atoms with E-state index in [1.165, 1.54) is 12.1 Å². The molecule has 0 saturated carbocycles. The minimum atomic E-state index is -1.09. The van der Waals surface area contributed by atoms with Gasteiger partial charge in [-0.1, -0.05) is 26.8 Å². The summed E-state index contributed by atoms with van der Waals surface area (Å²) in [6.45, 7) is 5.87. The Morgan fingerprint density at radius 1 is 1.35 bits per heavy atom. The highest BCUT2D eigenvalue weighted by Gasteiger charge is 2.19. The third-order valence-corrected chi connectivity index (χ3v) is 2.76. The third-order valence-electron chi connectivity index (χ3n) is 2.76. The maximum Gasteiger partial charge on any atom is 0.254 e. The van der Waals surface area contributed by atoms with Crippen molar-refractivity contribution in [2.24, 2.45) is 5.92 Å². The van der Waals surface area contributed by atoms with E-state index in [4.69, 9.17) is 0 Å². The van der Waals surface area contributed by atoms with Crippen molar-refractivity contribution < 1.29 is 13.6 Å². The quantitative estimate of drug-likeness (QED) is 0.862. The minimum Gasteiger partial charge on any atom is -0.349 e. The second kappa shape index (κ2) is 5.75. The van der Waals surface area contributed by atoms with E-state index in [2.05, 4.69) is 5.32 Å². The first kappa shape index (κ1) is 13.6. The van der Waals surface area contributed by atoms with Crippen molar-refractivity contribution in [1.29, 1.82) is 0 Å². The fraction of sp³-hybridized carbons (Fsp3) is 0.462. The molecule has 1 amide bonds. The molecule has 0 spiro atoms. The Bertz CT molecular complexity index is 404. The van der Waals surface area contributed by atoms with Gasteiger partial charge in [-0.15, -0.1) is 0 Å². The average molecular weight is 241 g/mol. The number of carbonyl (C=O) groups excluding carboxylic acids is 1. The Morgan fingerprint density at radius 2 is 2.00 bits per heavy atom. The van der Waals surface area contributed by atoms with Gasteiger partial charge >= 0.3 is 0 Å². The van der Waals surface area contributed by atoms with Crippen LogP contribution in [-0.2, 0) is 0 Å². The molecule has 0 radical (unpaired) electrons. The smallest absolute Gasteiger partial charge is 0.254 e. The molecule has 1 rings (SSSR count). The van der Waals surface area contributed by atoms with Crippen LogP contribution in [0, 0.1) is 17.6 Å². The zero-order chi connectivity index (χ0) is 13.0. The summed E-state index contributed by atoms with van der Waals surface area (Å²) in [6.07, 6.45) is 0.750. The highest BCUT2D eigenvalue weighted by molar-refractivity contribution is 5.94. The Morgan fingerprint density at radius 3 is 2.53 bits per heavy atom. The molecule has 1 unspecified atom stereocenters. The molecule has 1 N–H and O–H groups in total. The van der Waals surface area contributed by atoms with Crippen LogP contribution < -0.4 is 5.32 Å². The van der Waals surface area contributed by atoms with Crippen molar-refractivity contribution in [3.8, 4) is 0 Å². The SMILES string of the molecule is CCC(NC(=O)c1cccc(F)c1F)C(C)C. The van der Waals surface area contributed by atoms with Crippen LogP contribution >= 0.6 is 0 Å². The molecule has 0 fully saturated rings. The summed E-state index contributed by atoms with van der Waals surface area (Å²) in [5.41, 5.74) is -0.246. The second-order valence-corrected chi connectivity index (χ2v) is 4.33. The van der Waals surface area contributed by atoms with Gasteiger partial charge in [0.2, 0.25) is 0 Å². The van der Waals surface area contributed by atoms with E-state index in [1.54, 1.807) is 0 Å². The lowest BCUT2D eigenvalue weighted by atomic mass is 10.0. The lowest BCUT2D eigenvalue weighted by molar-refractivity contribution is 0.0919. The molecule has 0 aliphatic rings. The van der Waals surface area contributed by atoms with Crippen LogP contribution in [0.3, 0.4) is 0 Å². The van der Waals surface area contributed by atoms with Crippen LogP contribution in [0.4, 0.5) is 8.78 Å². The van der Waals surface area contributed by atoms with Gasteiger partial charge in [0, 0.05) is 6.04 Å². The number of amides is 1. The molecule has 0 heterocycles. The number of rotatable bonds is 4. The molecular weight excluding hydrogens is 224 g/mol. The van der Waals surface area contributed by atoms with E-state index in [0.717, 1.165) is 12.5 Å². The standard InChI is InChI=1S/C13H17F2NO/c1-4-11(8(2)3)16-13(17)9-6-5-7-10(14)12(9)15/h5-8,11H,4H2,1-3H3,(H,16,17). The normalized spacial score (nSPS) is 12.6. The monoisotopic (exact) mass is 241 g/mol. The van der Waals surface area contributed by atoms with Crippen molar-refractivity contribution >= 4 is 5.91 Å². The maximum atomic E-state index is 13.4. The molecule has 94 valence electrons. The van der Waals surface area contributed by atoms with E-state index in [1.807, 2.05) is 20.8 Å². The topological polar surface area (TPSA) is 29.1 Å². The number of halogens is 2. The molecule has 17 heavy (non-hydrogen) atoms. The number of carbonyl (C=O) groups is 1. The van der Waals surface area contributed by atoms with Gasteiger partial charge in [0.25, 0.3) is 5.91 Å². The molecule has 1 aromatic carbocycles. The lowest BCUT2D eigenvalue weighted by Crippen LogP contribution is -2.38. The van der Waals surface area contributed by atoms with E-state index < -0.39 is 17.5 Å². The van der Waals surface area contributed by atoms with Crippen molar-refractivity contribution in [3.05, 3.63) is 35.4 Å². The first-order chi connectivity index (χ1) is 7.97. The summed E-state index contributed by atoms with van der Waals surface area (Å²) in [7, 11) is 0. The highest BCUT2D eigenvalue weighted by atomic mass is 19.2. The summed E-state index contributed by atoms with van der Waals surface area (Å²) in [6, 6.07) is 3.56. The van der Waals surface area contributed by atoms with Gasteiger partial charge in [0.15, 0.2) is 11.6 Å². The maximum absolute atomic E-state index is 13.4. The van der Waals surface area contributed by atoms with E-state index >= 15 is 0 Å². The van der Waals surface area contributed by atoms with Crippen LogP contribution in [0.25, 0.3) is 0 Å². The van der Waals surface area contributed by atoms with Gasteiger partial charge in [-0.3, -0.25) is 4.79 Å². The van der Waals surface area contributed by atoms with E-state index in [9.17, 15) is 13.6 Å². The van der Waals surface area contributed by atoms with Crippen molar-refractivity contribution in [2.45, 2.75) is 33.2 Å². The number of nitrogens with one attached hydrogen (secondary N) is 1. The summed E-state index contributed by atoms with van der Waals surface area (Å²) >= 11 is 0. The minimum absolute atomic E-state index is 0.0369. The molecule has 1 atom stereocenters. The predicted octanol–water partition coefficient (Wildman–Crippen LogP) is 3.13. The summed E-state index contributed by atoms with van der Waals surface area (Å²) in [5, 5.41) is 2.70. The van der Waals surface area contributed by atoms with Crippen LogP contribution in [0.15, 0.2) is 18.2 Å².